The third-order valence-corrected chi connectivity index (χ3v) is 8.92. The number of ether oxygens (including phenoxy) is 7. The SMILES string of the molecule is C=CC(=O)OCCCCCCOc1ccc(C(=O)Oc2ccc(/C=C/C(=O)OCC(OC(=O)c3ccc(OCCCCCCOC(=O)C=C)cc3)c3ccccc3)cc2)cc1. The topological polar surface area (TPSA) is 150 Å². The molecular weight excluding hydrogens is 781 g/mol. The van der Waals surface area contributed by atoms with Crippen molar-refractivity contribution in [1.82, 2.24) is 0 Å². The predicted molar refractivity (Wildman–Crippen MR) is 229 cm³/mol. The number of hydrogen-bond donors (Lipinski definition) is 0. The summed E-state index contributed by atoms with van der Waals surface area (Å²) in [7, 11) is 0. The van der Waals surface area contributed by atoms with Crippen LogP contribution in [0.25, 0.3) is 6.08 Å². The lowest BCUT2D eigenvalue weighted by Gasteiger charge is -2.18. The normalized spacial score (nSPS) is 11.1. The molecule has 0 aliphatic heterocycles. The predicted octanol–water partition coefficient (Wildman–Crippen LogP) is 9.40. The Hall–Kier alpha value is -6.95. The van der Waals surface area contributed by atoms with Gasteiger partial charge in [-0.25, -0.2) is 24.0 Å². The van der Waals surface area contributed by atoms with Gasteiger partial charge in [0.1, 0.15) is 23.9 Å². The van der Waals surface area contributed by atoms with E-state index in [1.54, 1.807) is 103 Å². The average Bonchev–Trinajstić information content (AvgIpc) is 3.29. The van der Waals surface area contributed by atoms with Crippen LogP contribution in [0.2, 0.25) is 0 Å². The average molecular weight is 833 g/mol. The maximum atomic E-state index is 13.1. The van der Waals surface area contributed by atoms with Crippen molar-refractivity contribution in [3.05, 3.63) is 157 Å². The van der Waals surface area contributed by atoms with E-state index < -0.39 is 36.0 Å². The molecule has 0 fully saturated rings. The molecule has 1 unspecified atom stereocenters. The van der Waals surface area contributed by atoms with Crippen molar-refractivity contribution in [2.75, 3.05) is 33.0 Å². The number of unbranched alkanes of at least 4 members (excludes halogenated alkanes) is 6. The molecule has 4 rings (SSSR count). The van der Waals surface area contributed by atoms with Crippen molar-refractivity contribution in [1.29, 1.82) is 0 Å². The number of hydrogen-bond acceptors (Lipinski definition) is 12. The van der Waals surface area contributed by atoms with Crippen molar-refractivity contribution >= 4 is 35.9 Å². The van der Waals surface area contributed by atoms with Crippen molar-refractivity contribution in [2.45, 2.75) is 57.5 Å². The van der Waals surface area contributed by atoms with Gasteiger partial charge in [-0.3, -0.25) is 0 Å². The fraction of sp³-hybridized carbons (Fsp3) is 0.286. The van der Waals surface area contributed by atoms with Gasteiger partial charge in [-0.15, -0.1) is 0 Å². The standard InChI is InChI=1S/C49H52O12/c1-3-45(50)57-34-14-7-5-12-32-55-41-27-21-39(22-28-41)48(53)60-43-25-18-37(19-26-43)20-31-47(52)59-36-44(38-16-10-9-11-17-38)61-49(54)40-23-29-42(30-24-40)56-33-13-6-8-15-35-58-46(51)4-2/h3-4,9-11,16-31,44H,1-2,5-8,12-15,32-36H2/b31-20+. The molecule has 0 saturated carbocycles. The van der Waals surface area contributed by atoms with Crippen LogP contribution in [-0.2, 0) is 33.3 Å². The van der Waals surface area contributed by atoms with Gasteiger partial charge in [0.2, 0.25) is 0 Å². The summed E-state index contributed by atoms with van der Waals surface area (Å²) in [5, 5.41) is 0. The van der Waals surface area contributed by atoms with E-state index in [0.717, 1.165) is 63.5 Å². The maximum Gasteiger partial charge on any atom is 0.343 e. The van der Waals surface area contributed by atoms with Crippen LogP contribution < -0.4 is 14.2 Å². The van der Waals surface area contributed by atoms with E-state index in [4.69, 9.17) is 33.2 Å². The van der Waals surface area contributed by atoms with Crippen LogP contribution in [0, 0.1) is 0 Å². The van der Waals surface area contributed by atoms with E-state index in [0.29, 0.717) is 65.9 Å². The molecule has 12 heteroatoms. The zero-order valence-electron chi connectivity index (χ0n) is 34.2. The maximum absolute atomic E-state index is 13.1. The lowest BCUT2D eigenvalue weighted by molar-refractivity contribution is -0.141. The highest BCUT2D eigenvalue weighted by atomic mass is 16.6. The Kier molecular flexibility index (Phi) is 20.6. The van der Waals surface area contributed by atoms with E-state index in [1.165, 1.54) is 6.08 Å². The molecule has 0 N–H and O–H groups in total. The second-order valence-corrected chi connectivity index (χ2v) is 13.5. The van der Waals surface area contributed by atoms with Crippen molar-refractivity contribution in [3.8, 4) is 17.2 Å². The molecule has 320 valence electrons. The summed E-state index contributed by atoms with van der Waals surface area (Å²) in [6, 6.07) is 28.9. The largest absolute Gasteiger partial charge is 0.494 e. The quantitative estimate of drug-likeness (QED) is 0.0185. The van der Waals surface area contributed by atoms with Crippen LogP contribution in [0.15, 0.2) is 135 Å². The Bertz CT molecular complexity index is 2020. The molecule has 0 aromatic heterocycles. The second-order valence-electron chi connectivity index (χ2n) is 13.5. The first-order valence-electron chi connectivity index (χ1n) is 20.2. The summed E-state index contributed by atoms with van der Waals surface area (Å²) in [4.78, 5) is 60.7. The Balaban J connectivity index is 1.17. The van der Waals surface area contributed by atoms with Gasteiger partial charge in [-0.05, 0) is 129 Å². The van der Waals surface area contributed by atoms with Crippen LogP contribution in [0.5, 0.6) is 17.2 Å². The minimum atomic E-state index is -0.857. The van der Waals surface area contributed by atoms with E-state index in [1.807, 2.05) is 6.07 Å². The zero-order valence-corrected chi connectivity index (χ0v) is 34.2. The van der Waals surface area contributed by atoms with Gasteiger partial charge in [0.15, 0.2) is 6.10 Å². The van der Waals surface area contributed by atoms with Gasteiger partial charge in [0.05, 0.1) is 37.6 Å². The van der Waals surface area contributed by atoms with Crippen LogP contribution in [0.1, 0.15) is 89.3 Å². The second kappa shape index (κ2) is 26.9. The summed E-state index contributed by atoms with van der Waals surface area (Å²) in [5.41, 5.74) is 1.99. The molecule has 1 atom stereocenters. The first-order valence-corrected chi connectivity index (χ1v) is 20.2. The Morgan fingerprint density at radius 3 is 1.48 bits per heavy atom. The number of rotatable bonds is 27. The first kappa shape index (κ1) is 46.7. The van der Waals surface area contributed by atoms with Gasteiger partial charge in [-0.2, -0.15) is 0 Å². The molecular formula is C49H52O12. The van der Waals surface area contributed by atoms with Crippen LogP contribution >= 0.6 is 0 Å². The molecule has 61 heavy (non-hydrogen) atoms. The number of esters is 5. The van der Waals surface area contributed by atoms with E-state index in [-0.39, 0.29) is 6.61 Å². The van der Waals surface area contributed by atoms with E-state index in [9.17, 15) is 24.0 Å². The third kappa shape index (κ3) is 18.2. The van der Waals surface area contributed by atoms with Gasteiger partial charge in [-0.1, -0.05) is 55.6 Å². The molecule has 0 bridgehead atoms. The van der Waals surface area contributed by atoms with Crippen LogP contribution in [0.3, 0.4) is 0 Å². The highest BCUT2D eigenvalue weighted by Crippen LogP contribution is 2.22. The number of carbonyl (C=O) groups is 5. The Labute approximate surface area is 356 Å². The minimum Gasteiger partial charge on any atom is -0.494 e. The third-order valence-electron chi connectivity index (χ3n) is 8.92. The molecule has 4 aromatic carbocycles. The van der Waals surface area contributed by atoms with Gasteiger partial charge in [0, 0.05) is 18.2 Å². The lowest BCUT2D eigenvalue weighted by Crippen LogP contribution is -2.18. The molecule has 0 radical (unpaired) electrons. The van der Waals surface area contributed by atoms with Crippen LogP contribution in [-0.4, -0.2) is 62.9 Å². The smallest absolute Gasteiger partial charge is 0.343 e. The molecule has 0 saturated heterocycles. The molecule has 12 nitrogen and oxygen atoms in total. The number of carbonyl (C=O) groups excluding carboxylic acids is 5. The summed E-state index contributed by atoms with van der Waals surface area (Å²) in [6.07, 6.45) is 11.2. The van der Waals surface area contributed by atoms with Gasteiger partial charge >= 0.3 is 29.8 Å². The molecule has 0 spiro atoms. The minimum absolute atomic E-state index is 0.212. The molecule has 0 aliphatic rings. The van der Waals surface area contributed by atoms with Gasteiger partial charge in [0.25, 0.3) is 0 Å². The van der Waals surface area contributed by atoms with Crippen molar-refractivity contribution in [2.24, 2.45) is 0 Å². The molecule has 4 aromatic rings. The number of benzene rings is 4. The lowest BCUT2D eigenvalue weighted by atomic mass is 10.1. The summed E-state index contributed by atoms with van der Waals surface area (Å²) < 4.78 is 38.3. The van der Waals surface area contributed by atoms with Crippen molar-refractivity contribution in [3.63, 3.8) is 0 Å². The molecule has 0 aliphatic carbocycles. The monoisotopic (exact) mass is 832 g/mol. The highest BCUT2D eigenvalue weighted by molar-refractivity contribution is 5.91. The molecule has 0 amide bonds. The summed E-state index contributed by atoms with van der Waals surface area (Å²) in [6.45, 7) is 8.30. The first-order chi connectivity index (χ1) is 29.7. The fourth-order valence-corrected chi connectivity index (χ4v) is 5.58. The van der Waals surface area contributed by atoms with Crippen molar-refractivity contribution < 1.29 is 57.1 Å². The van der Waals surface area contributed by atoms with Crippen LogP contribution in [0.4, 0.5) is 0 Å². The van der Waals surface area contributed by atoms with E-state index in [2.05, 4.69) is 13.2 Å². The Morgan fingerprint density at radius 1 is 0.492 bits per heavy atom. The molecule has 0 heterocycles. The van der Waals surface area contributed by atoms with E-state index >= 15 is 0 Å². The highest BCUT2D eigenvalue weighted by Gasteiger charge is 2.20. The summed E-state index contributed by atoms with van der Waals surface area (Å²) in [5.74, 6) is -1.01. The fourth-order valence-electron chi connectivity index (χ4n) is 5.58. The summed E-state index contributed by atoms with van der Waals surface area (Å²) >= 11 is 0. The zero-order chi connectivity index (χ0) is 43.5. The Morgan fingerprint density at radius 2 is 0.967 bits per heavy atom. The van der Waals surface area contributed by atoms with Gasteiger partial charge < -0.3 is 33.2 Å².